The van der Waals surface area contributed by atoms with Crippen LogP contribution in [-0.2, 0) is 16.0 Å². The summed E-state index contributed by atoms with van der Waals surface area (Å²) in [6.07, 6.45) is 1.13. The summed E-state index contributed by atoms with van der Waals surface area (Å²) in [5.41, 5.74) is -0.310. The zero-order valence-electron chi connectivity index (χ0n) is 17.5. The van der Waals surface area contributed by atoms with Crippen molar-refractivity contribution in [3.05, 3.63) is 63.2 Å². The van der Waals surface area contributed by atoms with E-state index in [1.165, 1.54) is 18.2 Å². The fourth-order valence-corrected chi connectivity index (χ4v) is 4.94. The molecule has 166 valence electrons. The van der Waals surface area contributed by atoms with E-state index in [-0.39, 0.29) is 17.8 Å². The Balaban J connectivity index is 1.90. The number of non-ortho nitro benzene ring substituents is 1. The number of nitro groups is 1. The number of nitrogens with zero attached hydrogens (tertiary/aromatic N) is 3. The Labute approximate surface area is 189 Å². The second-order valence-electron chi connectivity index (χ2n) is 8.01. The Bertz CT molecular complexity index is 1150. The molecule has 2 heterocycles. The second kappa shape index (κ2) is 7.90. The summed E-state index contributed by atoms with van der Waals surface area (Å²) in [5.74, 6) is -1.37. The first-order valence-electron chi connectivity index (χ1n) is 10.2. The van der Waals surface area contributed by atoms with Crippen molar-refractivity contribution >= 4 is 46.5 Å². The molecule has 0 unspecified atom stereocenters. The Hall–Kier alpha value is -3.46. The number of urea groups is 1. The van der Waals surface area contributed by atoms with E-state index in [1.807, 2.05) is 11.8 Å². The lowest BCUT2D eigenvalue weighted by Gasteiger charge is -2.50. The number of imide groups is 2. The van der Waals surface area contributed by atoms with Crippen LogP contribution in [-0.4, -0.2) is 35.9 Å². The lowest BCUT2D eigenvalue weighted by molar-refractivity contribution is -0.384. The summed E-state index contributed by atoms with van der Waals surface area (Å²) in [5, 5.41) is 14.0. The van der Waals surface area contributed by atoms with Crippen molar-refractivity contribution in [3.8, 4) is 0 Å². The fourth-order valence-electron chi connectivity index (χ4n) is 4.75. The van der Waals surface area contributed by atoms with Gasteiger partial charge in [-0.05, 0) is 36.2 Å². The molecule has 4 rings (SSSR count). The highest BCUT2D eigenvalue weighted by molar-refractivity contribution is 6.33. The number of anilines is 2. The van der Waals surface area contributed by atoms with Crippen LogP contribution in [0.4, 0.5) is 21.9 Å². The van der Waals surface area contributed by atoms with Crippen LogP contribution in [0.2, 0.25) is 5.02 Å². The molecule has 4 amide bonds. The van der Waals surface area contributed by atoms with Crippen LogP contribution >= 0.6 is 11.6 Å². The number of amides is 4. The molecule has 2 atom stereocenters. The average Bonchev–Trinajstić information content (AvgIpc) is 2.74. The largest absolute Gasteiger partial charge is 0.370 e. The van der Waals surface area contributed by atoms with Crippen molar-refractivity contribution in [2.24, 2.45) is 5.41 Å². The van der Waals surface area contributed by atoms with Crippen LogP contribution in [0.25, 0.3) is 0 Å². The van der Waals surface area contributed by atoms with Crippen LogP contribution in [0, 0.1) is 15.5 Å². The molecule has 1 fully saturated rings. The molecule has 0 saturated carbocycles. The van der Waals surface area contributed by atoms with Gasteiger partial charge in [-0.15, -0.1) is 0 Å². The lowest BCUT2D eigenvalue weighted by atomic mass is 9.67. The Morgan fingerprint density at radius 1 is 1.22 bits per heavy atom. The number of nitrogens with one attached hydrogen (secondary N) is 1. The molecule has 2 aromatic carbocycles. The van der Waals surface area contributed by atoms with Crippen LogP contribution < -0.4 is 15.1 Å². The minimum atomic E-state index is -1.64. The highest BCUT2D eigenvalue weighted by Crippen LogP contribution is 2.46. The summed E-state index contributed by atoms with van der Waals surface area (Å²) in [7, 11) is 1.76. The van der Waals surface area contributed by atoms with Gasteiger partial charge in [0.25, 0.3) is 11.6 Å². The fraction of sp³-hybridized carbons (Fsp3) is 0.318. The van der Waals surface area contributed by atoms with Gasteiger partial charge in [-0.2, -0.15) is 0 Å². The van der Waals surface area contributed by atoms with Gasteiger partial charge in [0.1, 0.15) is 0 Å². The van der Waals surface area contributed by atoms with Crippen molar-refractivity contribution in [3.63, 3.8) is 0 Å². The van der Waals surface area contributed by atoms with Crippen LogP contribution in [0.1, 0.15) is 25.3 Å². The van der Waals surface area contributed by atoms with Gasteiger partial charge in [-0.1, -0.05) is 31.0 Å². The number of carbonyl (C=O) groups excluding carboxylic acids is 3. The minimum absolute atomic E-state index is 0.0615. The van der Waals surface area contributed by atoms with Gasteiger partial charge >= 0.3 is 6.03 Å². The van der Waals surface area contributed by atoms with Gasteiger partial charge in [0.05, 0.1) is 16.7 Å². The van der Waals surface area contributed by atoms with E-state index >= 15 is 0 Å². The maximum atomic E-state index is 13.9. The molecular formula is C22H21ClN4O5. The molecule has 1 spiro atoms. The van der Waals surface area contributed by atoms with E-state index in [9.17, 15) is 24.5 Å². The molecule has 10 heteroatoms. The Morgan fingerprint density at radius 3 is 2.62 bits per heavy atom. The number of fused-ring (bicyclic) bond motifs is 1. The first-order chi connectivity index (χ1) is 15.2. The molecule has 2 aliphatic heterocycles. The number of hydrogen-bond donors (Lipinski definition) is 1. The molecule has 0 aliphatic carbocycles. The topological polar surface area (TPSA) is 113 Å². The van der Waals surface area contributed by atoms with Crippen LogP contribution in [0.3, 0.4) is 0 Å². The van der Waals surface area contributed by atoms with Gasteiger partial charge in [0.15, 0.2) is 5.41 Å². The van der Waals surface area contributed by atoms with Crippen molar-refractivity contribution in [1.29, 1.82) is 0 Å². The predicted octanol–water partition coefficient (Wildman–Crippen LogP) is 3.68. The van der Waals surface area contributed by atoms with Crippen LogP contribution in [0.5, 0.6) is 0 Å². The molecule has 0 aromatic heterocycles. The third-order valence-corrected chi connectivity index (χ3v) is 6.44. The van der Waals surface area contributed by atoms with Crippen molar-refractivity contribution in [1.82, 2.24) is 5.32 Å². The molecule has 32 heavy (non-hydrogen) atoms. The molecule has 9 nitrogen and oxygen atoms in total. The van der Waals surface area contributed by atoms with Gasteiger partial charge < -0.3 is 4.90 Å². The number of hydrogen-bond acceptors (Lipinski definition) is 6. The van der Waals surface area contributed by atoms with E-state index in [4.69, 9.17) is 11.6 Å². The molecule has 0 bridgehead atoms. The first kappa shape index (κ1) is 21.8. The van der Waals surface area contributed by atoms with Gasteiger partial charge in [0, 0.05) is 36.3 Å². The molecule has 2 aromatic rings. The monoisotopic (exact) mass is 456 g/mol. The third-order valence-electron chi connectivity index (χ3n) is 6.20. The summed E-state index contributed by atoms with van der Waals surface area (Å²) in [6, 6.07) is 9.28. The maximum absolute atomic E-state index is 13.9. The zero-order chi connectivity index (χ0) is 23.2. The van der Waals surface area contributed by atoms with Crippen molar-refractivity contribution in [2.45, 2.75) is 32.2 Å². The minimum Gasteiger partial charge on any atom is -0.370 e. The molecule has 0 radical (unpaired) electrons. The number of benzene rings is 2. The smallest absolute Gasteiger partial charge is 0.335 e. The van der Waals surface area contributed by atoms with Gasteiger partial charge in [0.2, 0.25) is 5.91 Å². The van der Waals surface area contributed by atoms with Crippen molar-refractivity contribution < 1.29 is 19.3 Å². The second-order valence-corrected chi connectivity index (χ2v) is 8.45. The number of halogens is 1. The Kier molecular flexibility index (Phi) is 5.37. The van der Waals surface area contributed by atoms with E-state index in [1.54, 1.807) is 31.3 Å². The molecule has 1 saturated heterocycles. The first-order valence-corrected chi connectivity index (χ1v) is 10.5. The standard InChI is InChI=1S/C22H21ClN4O5/c1-3-5-18-22(12-13-10-16(27(31)32)8-9-17(13)25(18)2)19(28)24-21(30)26(20(22)29)15-7-4-6-14(23)11-15/h4,6-11,18H,3,5,12H2,1-2H3,(H,24,28,30)/t18-,22+/m0/s1. The van der Waals surface area contributed by atoms with E-state index < -0.39 is 34.2 Å². The zero-order valence-corrected chi connectivity index (χ0v) is 18.3. The summed E-state index contributed by atoms with van der Waals surface area (Å²) < 4.78 is 0. The summed E-state index contributed by atoms with van der Waals surface area (Å²) in [6.45, 7) is 1.94. The van der Waals surface area contributed by atoms with Crippen LogP contribution in [0.15, 0.2) is 42.5 Å². The molecule has 1 N–H and O–H groups in total. The number of rotatable bonds is 4. The number of carbonyl (C=O) groups is 3. The summed E-state index contributed by atoms with van der Waals surface area (Å²) >= 11 is 6.07. The lowest BCUT2D eigenvalue weighted by Crippen LogP contribution is -2.72. The SMILES string of the molecule is CCC[C@@H]1N(C)c2ccc([N+](=O)[O-])cc2C[C@]12C(=O)NC(=O)N(c1cccc(Cl)c1)C2=O. The van der Waals surface area contributed by atoms with Crippen molar-refractivity contribution in [2.75, 3.05) is 16.8 Å². The predicted molar refractivity (Wildman–Crippen MR) is 119 cm³/mol. The molecule has 2 aliphatic rings. The maximum Gasteiger partial charge on any atom is 0.335 e. The van der Waals surface area contributed by atoms with E-state index in [0.717, 1.165) is 4.90 Å². The Morgan fingerprint density at radius 2 is 1.97 bits per heavy atom. The van der Waals surface area contributed by atoms with E-state index in [0.29, 0.717) is 29.1 Å². The quantitative estimate of drug-likeness (QED) is 0.426. The number of barbiturate groups is 1. The van der Waals surface area contributed by atoms with E-state index in [2.05, 4.69) is 5.32 Å². The third kappa shape index (κ3) is 3.20. The molecular weight excluding hydrogens is 436 g/mol. The van der Waals surface area contributed by atoms with Gasteiger partial charge in [-0.25, -0.2) is 9.69 Å². The van der Waals surface area contributed by atoms with Gasteiger partial charge in [-0.3, -0.25) is 25.0 Å². The number of nitro benzene ring substituents is 1. The highest BCUT2D eigenvalue weighted by atomic mass is 35.5. The summed E-state index contributed by atoms with van der Waals surface area (Å²) in [4.78, 5) is 53.5. The normalized spacial score (nSPS) is 22.7. The average molecular weight is 457 g/mol. The highest BCUT2D eigenvalue weighted by Gasteiger charge is 2.61.